The van der Waals surface area contributed by atoms with E-state index in [1.54, 1.807) is 19.2 Å². The fourth-order valence-corrected chi connectivity index (χ4v) is 1.56. The van der Waals surface area contributed by atoms with E-state index in [0.717, 1.165) is 12.1 Å². The maximum absolute atomic E-state index is 9.15. The van der Waals surface area contributed by atoms with E-state index in [2.05, 4.69) is 6.07 Å². The maximum Gasteiger partial charge on any atom is 0.123 e. The standard InChI is InChI=1S/C12H15ClN2O/c1-15(7-8-16-2)12(9-14)10-3-5-11(13)6-4-10/h3-6,12H,7-8H2,1-2H3. The molecule has 0 spiro atoms. The van der Waals surface area contributed by atoms with Gasteiger partial charge in [-0.05, 0) is 24.7 Å². The molecular weight excluding hydrogens is 224 g/mol. The Labute approximate surface area is 101 Å². The summed E-state index contributed by atoms with van der Waals surface area (Å²) < 4.78 is 4.99. The second-order valence-electron chi connectivity index (χ2n) is 3.56. The van der Waals surface area contributed by atoms with Crippen LogP contribution in [0.15, 0.2) is 24.3 Å². The Morgan fingerprint density at radius 1 is 1.44 bits per heavy atom. The Morgan fingerprint density at radius 2 is 2.06 bits per heavy atom. The van der Waals surface area contributed by atoms with E-state index in [4.69, 9.17) is 21.6 Å². The van der Waals surface area contributed by atoms with Gasteiger partial charge in [0.05, 0.1) is 12.7 Å². The van der Waals surface area contributed by atoms with E-state index in [1.165, 1.54) is 0 Å². The molecule has 0 aliphatic heterocycles. The largest absolute Gasteiger partial charge is 0.383 e. The van der Waals surface area contributed by atoms with Gasteiger partial charge < -0.3 is 4.74 Å². The average Bonchev–Trinajstić information content (AvgIpc) is 2.30. The third-order valence-electron chi connectivity index (χ3n) is 2.40. The highest BCUT2D eigenvalue weighted by Gasteiger charge is 2.15. The lowest BCUT2D eigenvalue weighted by atomic mass is 10.1. The molecule has 86 valence electrons. The van der Waals surface area contributed by atoms with Gasteiger partial charge in [0.15, 0.2) is 0 Å². The van der Waals surface area contributed by atoms with Crippen LogP contribution >= 0.6 is 11.6 Å². The van der Waals surface area contributed by atoms with E-state index >= 15 is 0 Å². The summed E-state index contributed by atoms with van der Waals surface area (Å²) in [4.78, 5) is 1.95. The number of methoxy groups -OCH3 is 1. The van der Waals surface area contributed by atoms with Crippen LogP contribution in [-0.4, -0.2) is 32.2 Å². The van der Waals surface area contributed by atoms with Crippen LogP contribution in [0.25, 0.3) is 0 Å². The number of halogens is 1. The third-order valence-corrected chi connectivity index (χ3v) is 2.65. The highest BCUT2D eigenvalue weighted by Crippen LogP contribution is 2.20. The number of hydrogen-bond acceptors (Lipinski definition) is 3. The zero-order valence-corrected chi connectivity index (χ0v) is 10.2. The Morgan fingerprint density at radius 3 is 2.56 bits per heavy atom. The van der Waals surface area contributed by atoms with Crippen molar-refractivity contribution in [1.82, 2.24) is 4.90 Å². The maximum atomic E-state index is 9.15. The Hall–Kier alpha value is -1.08. The van der Waals surface area contributed by atoms with Crippen LogP contribution in [-0.2, 0) is 4.74 Å². The van der Waals surface area contributed by atoms with Crippen molar-refractivity contribution in [2.75, 3.05) is 27.3 Å². The second-order valence-corrected chi connectivity index (χ2v) is 3.99. The molecule has 0 aromatic heterocycles. The van der Waals surface area contributed by atoms with Crippen molar-refractivity contribution in [1.29, 1.82) is 5.26 Å². The van der Waals surface area contributed by atoms with Crippen LogP contribution in [0.1, 0.15) is 11.6 Å². The lowest BCUT2D eigenvalue weighted by molar-refractivity contribution is 0.151. The summed E-state index contributed by atoms with van der Waals surface area (Å²) >= 11 is 5.81. The molecule has 0 radical (unpaired) electrons. The number of likely N-dealkylation sites (N-methyl/N-ethyl adjacent to an activating group) is 1. The van der Waals surface area contributed by atoms with Crippen molar-refractivity contribution in [3.63, 3.8) is 0 Å². The molecule has 1 aromatic carbocycles. The molecule has 1 unspecified atom stereocenters. The van der Waals surface area contributed by atoms with Gasteiger partial charge in [0.2, 0.25) is 0 Å². The van der Waals surface area contributed by atoms with E-state index < -0.39 is 0 Å². The zero-order valence-electron chi connectivity index (χ0n) is 9.48. The quantitative estimate of drug-likeness (QED) is 0.791. The molecule has 0 aliphatic rings. The van der Waals surface area contributed by atoms with E-state index in [9.17, 15) is 0 Å². The molecule has 3 nitrogen and oxygen atoms in total. The fraction of sp³-hybridized carbons (Fsp3) is 0.417. The van der Waals surface area contributed by atoms with Crippen LogP contribution in [0.4, 0.5) is 0 Å². The SMILES string of the molecule is COCCN(C)C(C#N)c1ccc(Cl)cc1. The van der Waals surface area contributed by atoms with Crippen LogP contribution in [0, 0.1) is 11.3 Å². The molecule has 0 saturated heterocycles. The van der Waals surface area contributed by atoms with Crippen molar-refractivity contribution < 1.29 is 4.74 Å². The average molecular weight is 239 g/mol. The molecular formula is C12H15ClN2O. The summed E-state index contributed by atoms with van der Waals surface area (Å²) in [7, 11) is 3.55. The molecule has 0 amide bonds. The van der Waals surface area contributed by atoms with Gasteiger partial charge in [-0.15, -0.1) is 0 Å². The molecule has 0 heterocycles. The summed E-state index contributed by atoms with van der Waals surface area (Å²) in [5, 5.41) is 9.83. The minimum absolute atomic E-state index is 0.257. The second kappa shape index (κ2) is 6.49. The minimum Gasteiger partial charge on any atom is -0.383 e. The predicted octanol–water partition coefficient (Wildman–Crippen LogP) is 2.48. The first-order valence-electron chi connectivity index (χ1n) is 5.03. The lowest BCUT2D eigenvalue weighted by Crippen LogP contribution is -2.27. The minimum atomic E-state index is -0.257. The van der Waals surface area contributed by atoms with Gasteiger partial charge in [0, 0.05) is 18.7 Å². The zero-order chi connectivity index (χ0) is 12.0. The van der Waals surface area contributed by atoms with Crippen LogP contribution in [0.3, 0.4) is 0 Å². The van der Waals surface area contributed by atoms with Gasteiger partial charge in [0.1, 0.15) is 6.04 Å². The molecule has 1 atom stereocenters. The van der Waals surface area contributed by atoms with E-state index in [0.29, 0.717) is 11.6 Å². The van der Waals surface area contributed by atoms with Crippen molar-refractivity contribution in [2.45, 2.75) is 6.04 Å². The summed E-state index contributed by atoms with van der Waals surface area (Å²) in [6, 6.07) is 9.36. The molecule has 0 fully saturated rings. The summed E-state index contributed by atoms with van der Waals surface area (Å²) in [6.07, 6.45) is 0. The monoisotopic (exact) mass is 238 g/mol. The topological polar surface area (TPSA) is 36.3 Å². The molecule has 1 rings (SSSR count). The van der Waals surface area contributed by atoms with Gasteiger partial charge in [-0.3, -0.25) is 4.90 Å². The normalized spacial score (nSPS) is 12.4. The molecule has 0 bridgehead atoms. The summed E-state index contributed by atoms with van der Waals surface area (Å²) in [5.41, 5.74) is 0.950. The first kappa shape index (κ1) is 13.0. The van der Waals surface area contributed by atoms with Crippen molar-refractivity contribution in [2.24, 2.45) is 0 Å². The fourth-order valence-electron chi connectivity index (χ4n) is 1.44. The molecule has 1 aromatic rings. The molecule has 0 aliphatic carbocycles. The van der Waals surface area contributed by atoms with Crippen LogP contribution in [0.2, 0.25) is 5.02 Å². The van der Waals surface area contributed by atoms with Crippen molar-refractivity contribution >= 4 is 11.6 Å². The van der Waals surface area contributed by atoms with E-state index in [-0.39, 0.29) is 6.04 Å². The molecule has 0 saturated carbocycles. The summed E-state index contributed by atoms with van der Waals surface area (Å²) in [5.74, 6) is 0. The predicted molar refractivity (Wildman–Crippen MR) is 64.3 cm³/mol. The van der Waals surface area contributed by atoms with Gasteiger partial charge >= 0.3 is 0 Å². The Balaban J connectivity index is 2.74. The first-order valence-corrected chi connectivity index (χ1v) is 5.41. The van der Waals surface area contributed by atoms with Crippen LogP contribution < -0.4 is 0 Å². The highest BCUT2D eigenvalue weighted by atomic mass is 35.5. The van der Waals surface area contributed by atoms with Gasteiger partial charge in [0.25, 0.3) is 0 Å². The summed E-state index contributed by atoms with van der Waals surface area (Å²) in [6.45, 7) is 1.33. The van der Waals surface area contributed by atoms with Crippen molar-refractivity contribution in [3.05, 3.63) is 34.9 Å². The number of benzene rings is 1. The highest BCUT2D eigenvalue weighted by molar-refractivity contribution is 6.30. The third kappa shape index (κ3) is 3.49. The Bertz CT molecular complexity index is 358. The van der Waals surface area contributed by atoms with Crippen molar-refractivity contribution in [3.8, 4) is 6.07 Å². The number of ether oxygens (including phenoxy) is 1. The first-order chi connectivity index (χ1) is 7.69. The van der Waals surface area contributed by atoms with Gasteiger partial charge in [-0.2, -0.15) is 5.26 Å². The smallest absolute Gasteiger partial charge is 0.123 e. The number of hydrogen-bond donors (Lipinski definition) is 0. The molecule has 4 heteroatoms. The Kier molecular flexibility index (Phi) is 5.27. The number of nitriles is 1. The van der Waals surface area contributed by atoms with Gasteiger partial charge in [-0.25, -0.2) is 0 Å². The van der Waals surface area contributed by atoms with Gasteiger partial charge in [-0.1, -0.05) is 23.7 Å². The van der Waals surface area contributed by atoms with E-state index in [1.807, 2.05) is 24.1 Å². The van der Waals surface area contributed by atoms with Crippen LogP contribution in [0.5, 0.6) is 0 Å². The lowest BCUT2D eigenvalue weighted by Gasteiger charge is -2.22. The number of rotatable bonds is 5. The number of nitrogens with zero attached hydrogens (tertiary/aromatic N) is 2. The molecule has 16 heavy (non-hydrogen) atoms. The molecule has 0 N–H and O–H groups in total.